The van der Waals surface area contributed by atoms with Gasteiger partial charge in [0.25, 0.3) is 5.56 Å². The molecule has 1 aromatic carbocycles. The number of aryl methyl sites for hydroxylation is 3. The first kappa shape index (κ1) is 21.1. The van der Waals surface area contributed by atoms with E-state index in [9.17, 15) is 14.4 Å². The Morgan fingerprint density at radius 1 is 1.12 bits per heavy atom. The molecule has 0 amide bonds. The van der Waals surface area contributed by atoms with E-state index in [2.05, 4.69) is 15.5 Å². The molecule has 166 valence electrons. The molecule has 3 aromatic heterocycles. The molecule has 0 aliphatic carbocycles. The van der Waals surface area contributed by atoms with Crippen molar-refractivity contribution in [2.45, 2.75) is 13.8 Å². The largest absolute Gasteiger partial charge is 0.487 e. The summed E-state index contributed by atoms with van der Waals surface area (Å²) >= 11 is 0. The summed E-state index contributed by atoms with van der Waals surface area (Å²) in [6.07, 6.45) is 0. The predicted octanol–water partition coefficient (Wildman–Crippen LogP) is 1.25. The Balaban J connectivity index is 1.53. The van der Waals surface area contributed by atoms with Gasteiger partial charge >= 0.3 is 11.3 Å². The molecule has 0 atom stereocenters. The average Bonchev–Trinajstić information content (AvgIpc) is 3.09. The first-order valence-electron chi connectivity index (χ1n) is 9.76. The van der Waals surface area contributed by atoms with Crippen LogP contribution in [0.1, 0.15) is 12.5 Å². The smallest absolute Gasteiger partial charge is 0.336 e. The van der Waals surface area contributed by atoms with E-state index in [1.165, 1.54) is 17.7 Å². The molecule has 0 spiro atoms. The third-order valence-electron chi connectivity index (χ3n) is 5.19. The van der Waals surface area contributed by atoms with Crippen molar-refractivity contribution in [1.82, 2.24) is 18.7 Å². The van der Waals surface area contributed by atoms with E-state index in [0.29, 0.717) is 23.0 Å². The van der Waals surface area contributed by atoms with Crippen LogP contribution in [0.2, 0.25) is 0 Å². The van der Waals surface area contributed by atoms with Gasteiger partial charge in [0.2, 0.25) is 5.95 Å². The summed E-state index contributed by atoms with van der Waals surface area (Å²) in [6, 6.07) is 6.72. The standard InChI is InChI=1S/C21H22N6O5/c1-11-8-16(28)32-15-9-13(6-7-14(11)15)31-10-12(2)23-24-20-22-18-17(25(20)3)19(29)27(5)21(30)26(18)4/h6-9H,10H2,1-5H3,(H,22,24)/b23-12-. The average molecular weight is 438 g/mol. The lowest BCUT2D eigenvalue weighted by Gasteiger charge is -2.08. The van der Waals surface area contributed by atoms with Crippen molar-refractivity contribution < 1.29 is 9.15 Å². The molecule has 0 saturated carbocycles. The summed E-state index contributed by atoms with van der Waals surface area (Å²) in [7, 11) is 4.63. The molecule has 0 aliphatic rings. The molecule has 0 fully saturated rings. The van der Waals surface area contributed by atoms with Gasteiger partial charge in [-0.3, -0.25) is 13.9 Å². The van der Waals surface area contributed by atoms with E-state index in [1.54, 1.807) is 37.7 Å². The summed E-state index contributed by atoms with van der Waals surface area (Å²) in [5.74, 6) is 0.836. The number of rotatable bonds is 5. The van der Waals surface area contributed by atoms with Crippen LogP contribution in [0.4, 0.5) is 5.95 Å². The van der Waals surface area contributed by atoms with Crippen LogP contribution < -0.4 is 27.0 Å². The topological polar surface area (TPSA) is 126 Å². The first-order chi connectivity index (χ1) is 15.2. The Morgan fingerprint density at radius 2 is 1.88 bits per heavy atom. The zero-order valence-electron chi connectivity index (χ0n) is 18.3. The number of nitrogens with one attached hydrogen (secondary N) is 1. The van der Waals surface area contributed by atoms with Gasteiger partial charge in [0.1, 0.15) is 17.9 Å². The summed E-state index contributed by atoms with van der Waals surface area (Å²) in [5, 5.41) is 5.09. The number of hydrazone groups is 1. The maximum absolute atomic E-state index is 12.4. The highest BCUT2D eigenvalue weighted by molar-refractivity contribution is 5.85. The number of nitrogens with zero attached hydrogens (tertiary/aromatic N) is 5. The second kappa shape index (κ2) is 7.84. The van der Waals surface area contributed by atoms with E-state index in [0.717, 1.165) is 15.5 Å². The fraction of sp³-hybridized carbons (Fsp3) is 0.286. The molecule has 0 saturated heterocycles. The minimum Gasteiger partial charge on any atom is -0.487 e. The van der Waals surface area contributed by atoms with Crippen molar-refractivity contribution in [2.75, 3.05) is 12.0 Å². The molecule has 0 bridgehead atoms. The van der Waals surface area contributed by atoms with Crippen molar-refractivity contribution in [1.29, 1.82) is 0 Å². The van der Waals surface area contributed by atoms with E-state index in [1.807, 2.05) is 13.0 Å². The van der Waals surface area contributed by atoms with E-state index in [4.69, 9.17) is 9.15 Å². The lowest BCUT2D eigenvalue weighted by atomic mass is 10.1. The number of imidazole rings is 1. The number of hydrogen-bond donors (Lipinski definition) is 1. The molecule has 0 aliphatic heterocycles. The van der Waals surface area contributed by atoms with Gasteiger partial charge in [-0.15, -0.1) is 0 Å². The van der Waals surface area contributed by atoms with E-state index in [-0.39, 0.29) is 17.8 Å². The van der Waals surface area contributed by atoms with Crippen LogP contribution in [-0.4, -0.2) is 31.0 Å². The fourth-order valence-electron chi connectivity index (χ4n) is 3.38. The second-order valence-corrected chi connectivity index (χ2v) is 7.53. The first-order valence-corrected chi connectivity index (χ1v) is 9.76. The summed E-state index contributed by atoms with van der Waals surface area (Å²) in [5.41, 5.74) is 3.94. The summed E-state index contributed by atoms with van der Waals surface area (Å²) in [4.78, 5) is 40.5. The zero-order valence-corrected chi connectivity index (χ0v) is 18.3. The molecule has 11 nitrogen and oxygen atoms in total. The Labute approximate surface area is 181 Å². The van der Waals surface area contributed by atoms with E-state index < -0.39 is 16.9 Å². The van der Waals surface area contributed by atoms with Crippen LogP contribution >= 0.6 is 0 Å². The third-order valence-corrected chi connectivity index (χ3v) is 5.19. The lowest BCUT2D eigenvalue weighted by molar-refractivity contribution is 0.375. The normalized spacial score (nSPS) is 12.0. The van der Waals surface area contributed by atoms with Gasteiger partial charge in [0.05, 0.1) is 5.71 Å². The summed E-state index contributed by atoms with van der Waals surface area (Å²) in [6.45, 7) is 3.77. The molecule has 0 unspecified atom stereocenters. The molecule has 32 heavy (non-hydrogen) atoms. The molecule has 1 N–H and O–H groups in total. The molecule has 0 radical (unpaired) electrons. The molecule has 4 rings (SSSR count). The highest BCUT2D eigenvalue weighted by atomic mass is 16.5. The van der Waals surface area contributed by atoms with Crippen LogP contribution in [0, 0.1) is 6.92 Å². The molecule has 4 aromatic rings. The van der Waals surface area contributed by atoms with Crippen molar-refractivity contribution >= 4 is 33.8 Å². The molecular weight excluding hydrogens is 416 g/mol. The van der Waals surface area contributed by atoms with Crippen LogP contribution in [-0.2, 0) is 21.1 Å². The maximum Gasteiger partial charge on any atom is 0.336 e. The van der Waals surface area contributed by atoms with Crippen molar-refractivity contribution in [3.05, 3.63) is 61.1 Å². The molecule has 11 heteroatoms. The van der Waals surface area contributed by atoms with Crippen LogP contribution in [0.5, 0.6) is 5.75 Å². The third kappa shape index (κ3) is 3.57. The van der Waals surface area contributed by atoms with Gasteiger partial charge in [0.15, 0.2) is 11.2 Å². The highest BCUT2D eigenvalue weighted by Gasteiger charge is 2.16. The number of hydrogen-bond acceptors (Lipinski definition) is 8. The van der Waals surface area contributed by atoms with Gasteiger partial charge in [-0.1, -0.05) is 0 Å². The Bertz CT molecular complexity index is 1570. The zero-order chi connectivity index (χ0) is 23.2. The summed E-state index contributed by atoms with van der Waals surface area (Å²) < 4.78 is 14.9. The van der Waals surface area contributed by atoms with Crippen molar-refractivity contribution in [2.24, 2.45) is 26.2 Å². The Hall–Kier alpha value is -4.15. The minimum atomic E-state index is -0.457. The number of anilines is 1. The minimum absolute atomic E-state index is 0.165. The molecular formula is C21H22N6O5. The number of ether oxygens (including phenoxy) is 1. The van der Waals surface area contributed by atoms with Gasteiger partial charge in [-0.25, -0.2) is 15.0 Å². The van der Waals surface area contributed by atoms with Crippen LogP contribution in [0.25, 0.3) is 22.1 Å². The lowest BCUT2D eigenvalue weighted by Crippen LogP contribution is -2.37. The van der Waals surface area contributed by atoms with Crippen LogP contribution in [0.3, 0.4) is 0 Å². The molecule has 3 heterocycles. The van der Waals surface area contributed by atoms with Gasteiger partial charge in [-0.05, 0) is 31.5 Å². The fourth-order valence-corrected chi connectivity index (χ4v) is 3.38. The number of benzene rings is 1. The quantitative estimate of drug-likeness (QED) is 0.282. The van der Waals surface area contributed by atoms with Gasteiger partial charge in [0, 0.05) is 38.7 Å². The maximum atomic E-state index is 12.4. The number of fused-ring (bicyclic) bond motifs is 2. The van der Waals surface area contributed by atoms with Gasteiger partial charge < -0.3 is 13.7 Å². The predicted molar refractivity (Wildman–Crippen MR) is 121 cm³/mol. The Kier molecular flexibility index (Phi) is 5.17. The van der Waals surface area contributed by atoms with Crippen LogP contribution in [0.15, 0.2) is 48.2 Å². The van der Waals surface area contributed by atoms with Crippen molar-refractivity contribution in [3.8, 4) is 5.75 Å². The highest BCUT2D eigenvalue weighted by Crippen LogP contribution is 2.22. The van der Waals surface area contributed by atoms with E-state index >= 15 is 0 Å². The number of aromatic nitrogens is 4. The van der Waals surface area contributed by atoms with Gasteiger partial charge in [-0.2, -0.15) is 10.1 Å². The SMILES string of the molecule is C/C(COc1ccc2c(C)cc(=O)oc2c1)=N/Nc1nc2c(c(=O)n(C)c(=O)n2C)n1C. The van der Waals surface area contributed by atoms with Crippen molar-refractivity contribution in [3.63, 3.8) is 0 Å². The Morgan fingerprint density at radius 3 is 2.62 bits per heavy atom. The second-order valence-electron chi connectivity index (χ2n) is 7.53. The monoisotopic (exact) mass is 438 g/mol.